The van der Waals surface area contributed by atoms with Gasteiger partial charge in [-0.3, -0.25) is 18.9 Å². The molecule has 0 radical (unpaired) electrons. The van der Waals surface area contributed by atoms with Crippen LogP contribution in [0.4, 0.5) is 0 Å². The number of Topliss-reactive ketones (excluding diaryl/α,β-unsaturated/α-hetero) is 1. The molecule has 0 heterocycles. The third-order valence-corrected chi connectivity index (χ3v) is 9.80. The highest BCUT2D eigenvalue weighted by Gasteiger charge is 2.54. The van der Waals surface area contributed by atoms with E-state index in [0.717, 1.165) is 50.5 Å². The number of ether oxygens (including phenoxy) is 1. The summed E-state index contributed by atoms with van der Waals surface area (Å²) in [7, 11) is -4.38. The highest BCUT2D eigenvalue weighted by Crippen LogP contribution is 2.59. The Hall–Kier alpha value is -2.55. The molecule has 0 bridgehead atoms. The molecule has 2 saturated carbocycles. The number of fused-ring (bicyclic) bond motifs is 5. The van der Waals surface area contributed by atoms with Gasteiger partial charge in [0, 0.05) is 24.5 Å². The molecular weight excluding hydrogens is 525 g/mol. The first-order valence-electron chi connectivity index (χ1n) is 13.8. The number of carboxylic acid groups (broad SMARTS) is 2. The Balaban J connectivity index is 1.20. The zero-order chi connectivity index (χ0) is 28.2. The monoisotopic (exact) mass is 563 g/mol. The van der Waals surface area contributed by atoms with Crippen molar-refractivity contribution in [2.75, 3.05) is 13.2 Å². The lowest BCUT2D eigenvalue weighted by Crippen LogP contribution is -2.42. The van der Waals surface area contributed by atoms with E-state index in [1.54, 1.807) is 0 Å². The van der Waals surface area contributed by atoms with Crippen LogP contribution in [0.25, 0.3) is 0 Å². The van der Waals surface area contributed by atoms with Crippen LogP contribution in [0.2, 0.25) is 0 Å². The number of rotatable bonds is 13. The van der Waals surface area contributed by atoms with Gasteiger partial charge in [-0.25, -0.2) is 4.57 Å². The van der Waals surface area contributed by atoms with Gasteiger partial charge >= 0.3 is 19.7 Å². The van der Waals surface area contributed by atoms with Crippen LogP contribution in [0.15, 0.2) is 23.0 Å². The molecule has 39 heavy (non-hydrogen) atoms. The van der Waals surface area contributed by atoms with Crippen molar-refractivity contribution in [3.8, 4) is 5.75 Å². The van der Waals surface area contributed by atoms with Crippen LogP contribution in [-0.2, 0) is 29.9 Å². The van der Waals surface area contributed by atoms with Crippen LogP contribution in [0.5, 0.6) is 5.75 Å². The lowest BCUT2D eigenvalue weighted by Gasteiger charge is -2.48. The number of carboxylic acids is 2. The summed E-state index contributed by atoms with van der Waals surface area (Å²) in [4.78, 5) is 44.1. The first-order chi connectivity index (χ1) is 18.5. The van der Waals surface area contributed by atoms with Gasteiger partial charge in [-0.2, -0.15) is 4.76 Å². The van der Waals surface area contributed by atoms with Crippen LogP contribution in [0.3, 0.4) is 0 Å². The van der Waals surface area contributed by atoms with Crippen LogP contribution in [-0.4, -0.2) is 52.3 Å². The summed E-state index contributed by atoms with van der Waals surface area (Å²) < 4.78 is 26.3. The van der Waals surface area contributed by atoms with Gasteiger partial charge in [-0.05, 0) is 92.4 Å². The number of carbonyl (C=O) groups excluding carboxylic acids is 1. The second-order valence-electron chi connectivity index (χ2n) is 11.2. The fourth-order valence-corrected chi connectivity index (χ4v) is 7.50. The molecule has 4 rings (SSSR count). The SMILES string of the molecule is CC12CCC3c4ccc(OCCCCOP(=O)(O)/N=C/C(CCC(=O)O)C(=O)O)cc4CCC3C1CCC2=O. The molecule has 2 fully saturated rings. The van der Waals surface area contributed by atoms with E-state index in [2.05, 4.69) is 23.8 Å². The van der Waals surface area contributed by atoms with Gasteiger partial charge in [-0.1, -0.05) is 13.0 Å². The van der Waals surface area contributed by atoms with Gasteiger partial charge < -0.3 is 19.8 Å². The van der Waals surface area contributed by atoms with E-state index in [9.17, 15) is 23.8 Å². The number of hydrogen-bond acceptors (Lipinski definition) is 6. The van der Waals surface area contributed by atoms with Crippen molar-refractivity contribution in [2.24, 2.45) is 27.9 Å². The van der Waals surface area contributed by atoms with Crippen LogP contribution >= 0.6 is 7.75 Å². The average molecular weight is 564 g/mol. The maximum Gasteiger partial charge on any atom is 0.450 e. The standard InChI is InChI=1S/C28H38NO9P/c1-28-13-12-22-21-8-6-20(16-18(21)4-7-23(22)24(28)9-10-25(28)30)37-14-2-3-15-38-39(35,36)29-17-19(27(33)34)5-11-26(31)32/h6,8,16-17,19,22-24H,2-5,7,9-15H2,1H3,(H,31,32)(H,33,34)(H,35,36)/b29-17+. The summed E-state index contributed by atoms with van der Waals surface area (Å²) in [5, 5.41) is 17.8. The van der Waals surface area contributed by atoms with E-state index in [0.29, 0.717) is 43.0 Å². The van der Waals surface area contributed by atoms with Crippen molar-refractivity contribution >= 4 is 31.7 Å². The molecule has 3 aliphatic carbocycles. The molecule has 3 N–H and O–H groups in total. The van der Waals surface area contributed by atoms with Crippen molar-refractivity contribution in [3.63, 3.8) is 0 Å². The number of unbranched alkanes of at least 4 members (excludes halogenated alkanes) is 1. The number of nitrogens with zero attached hydrogens (tertiary/aromatic N) is 1. The molecule has 3 aliphatic rings. The molecule has 0 spiro atoms. The second kappa shape index (κ2) is 12.3. The molecule has 6 unspecified atom stereocenters. The molecule has 214 valence electrons. The topological polar surface area (TPSA) is 160 Å². The molecule has 0 saturated heterocycles. The number of aryl methyl sites for hydroxylation is 1. The van der Waals surface area contributed by atoms with E-state index in [4.69, 9.17) is 19.5 Å². The quantitative estimate of drug-likeness (QED) is 0.170. The minimum atomic E-state index is -4.38. The van der Waals surface area contributed by atoms with E-state index < -0.39 is 32.0 Å². The Morgan fingerprint density at radius 3 is 2.69 bits per heavy atom. The summed E-state index contributed by atoms with van der Waals surface area (Å²) >= 11 is 0. The molecule has 11 heteroatoms. The predicted molar refractivity (Wildman–Crippen MR) is 143 cm³/mol. The van der Waals surface area contributed by atoms with Gasteiger partial charge in [0.05, 0.1) is 19.1 Å². The van der Waals surface area contributed by atoms with E-state index in [-0.39, 0.29) is 18.4 Å². The van der Waals surface area contributed by atoms with Crippen LogP contribution in [0.1, 0.15) is 81.8 Å². The fourth-order valence-electron chi connectivity index (χ4n) is 6.74. The van der Waals surface area contributed by atoms with Gasteiger partial charge in [0.2, 0.25) is 0 Å². The number of aliphatic carboxylic acids is 2. The summed E-state index contributed by atoms with van der Waals surface area (Å²) in [5.74, 6) is -0.917. The molecule has 10 nitrogen and oxygen atoms in total. The largest absolute Gasteiger partial charge is 0.494 e. The maximum atomic E-state index is 12.5. The first kappa shape index (κ1) is 29.4. The number of benzene rings is 1. The van der Waals surface area contributed by atoms with Crippen molar-refractivity contribution in [1.29, 1.82) is 0 Å². The highest BCUT2D eigenvalue weighted by atomic mass is 31.2. The molecule has 0 aromatic heterocycles. The lowest BCUT2D eigenvalue weighted by atomic mass is 9.55. The Morgan fingerprint density at radius 1 is 1.18 bits per heavy atom. The molecule has 6 atom stereocenters. The average Bonchev–Trinajstić information content (AvgIpc) is 3.19. The third-order valence-electron chi connectivity index (χ3n) is 8.85. The number of ketones is 1. The normalized spacial score (nSPS) is 28.3. The fraction of sp³-hybridized carbons (Fsp3) is 0.643. The summed E-state index contributed by atoms with van der Waals surface area (Å²) in [6.07, 6.45) is 7.07. The summed E-state index contributed by atoms with van der Waals surface area (Å²) in [5.41, 5.74) is 2.61. The van der Waals surface area contributed by atoms with Gasteiger partial charge in [0.1, 0.15) is 11.5 Å². The van der Waals surface area contributed by atoms with Crippen molar-refractivity contribution < 1.29 is 43.3 Å². The lowest BCUT2D eigenvalue weighted by molar-refractivity contribution is -0.140. The minimum Gasteiger partial charge on any atom is -0.494 e. The molecule has 0 aliphatic heterocycles. The molecule has 0 amide bonds. The Bertz CT molecular complexity index is 1170. The van der Waals surface area contributed by atoms with Gasteiger partial charge in [0.25, 0.3) is 0 Å². The van der Waals surface area contributed by atoms with E-state index in [1.807, 2.05) is 6.07 Å². The van der Waals surface area contributed by atoms with Gasteiger partial charge in [-0.15, -0.1) is 0 Å². The summed E-state index contributed by atoms with van der Waals surface area (Å²) in [6, 6.07) is 6.31. The molecule has 1 aromatic carbocycles. The molecule has 1 aromatic rings. The van der Waals surface area contributed by atoms with Crippen LogP contribution in [0, 0.1) is 23.2 Å². The highest BCUT2D eigenvalue weighted by molar-refractivity contribution is 7.51. The van der Waals surface area contributed by atoms with Crippen molar-refractivity contribution in [3.05, 3.63) is 29.3 Å². The third kappa shape index (κ3) is 6.97. The number of hydrogen-bond donors (Lipinski definition) is 3. The first-order valence-corrected chi connectivity index (χ1v) is 15.3. The van der Waals surface area contributed by atoms with E-state index >= 15 is 0 Å². The zero-order valence-electron chi connectivity index (χ0n) is 22.3. The zero-order valence-corrected chi connectivity index (χ0v) is 23.2. The number of carbonyl (C=O) groups is 3. The Kier molecular flexibility index (Phi) is 9.29. The smallest absolute Gasteiger partial charge is 0.450 e. The van der Waals surface area contributed by atoms with E-state index in [1.165, 1.54) is 11.1 Å². The van der Waals surface area contributed by atoms with Gasteiger partial charge in [0.15, 0.2) is 0 Å². The Morgan fingerprint density at radius 2 is 1.95 bits per heavy atom. The molecular formula is C28H38NO9P. The second-order valence-corrected chi connectivity index (χ2v) is 12.7. The predicted octanol–water partition coefficient (Wildman–Crippen LogP) is 5.02. The maximum absolute atomic E-state index is 12.5. The minimum absolute atomic E-state index is 0.0583. The van der Waals surface area contributed by atoms with Crippen LogP contribution < -0.4 is 4.74 Å². The van der Waals surface area contributed by atoms with Crippen molar-refractivity contribution in [2.45, 2.75) is 77.0 Å². The Labute approximate surface area is 228 Å². The van der Waals surface area contributed by atoms with Crippen molar-refractivity contribution in [1.82, 2.24) is 0 Å². The summed E-state index contributed by atoms with van der Waals surface area (Å²) in [6.45, 7) is 2.54.